The van der Waals surface area contributed by atoms with Gasteiger partial charge in [0.2, 0.25) is 0 Å². The van der Waals surface area contributed by atoms with Gasteiger partial charge in [-0.15, -0.1) is 0 Å². The molecule has 2 aromatic carbocycles. The van der Waals surface area contributed by atoms with Gasteiger partial charge in [-0.05, 0) is 68.1 Å². The minimum Gasteiger partial charge on any atom is -0.480 e. The first-order chi connectivity index (χ1) is 10.9. The molecule has 0 fully saturated rings. The first-order valence-corrected chi connectivity index (χ1v) is 8.51. The average molecular weight is 376 g/mol. The summed E-state index contributed by atoms with van der Waals surface area (Å²) in [5.74, 6) is 0.633. The molecule has 0 unspecified atom stereocenters. The Kier molecular flexibility index (Phi) is 5.83. The van der Waals surface area contributed by atoms with Crippen LogP contribution in [0.5, 0.6) is 5.75 Å². The average Bonchev–Trinajstić information content (AvgIpc) is 2.51. The molecule has 1 amide bonds. The molecule has 1 N–H and O–H groups in total. The van der Waals surface area contributed by atoms with Crippen molar-refractivity contribution in [2.75, 3.05) is 5.32 Å². The smallest absolute Gasteiger partial charge is 0.265 e. The van der Waals surface area contributed by atoms with E-state index in [1.165, 1.54) is 0 Å². The highest BCUT2D eigenvalue weighted by atomic mass is 79.9. The Labute approximate surface area is 146 Å². The van der Waals surface area contributed by atoms with Crippen molar-refractivity contribution in [1.82, 2.24) is 0 Å². The zero-order valence-corrected chi connectivity index (χ0v) is 15.5. The molecule has 0 aliphatic heterocycles. The molecule has 0 aliphatic carbocycles. The Morgan fingerprint density at radius 2 is 1.87 bits per heavy atom. The number of rotatable bonds is 5. The molecule has 23 heavy (non-hydrogen) atoms. The first-order valence-electron chi connectivity index (χ1n) is 7.71. The van der Waals surface area contributed by atoms with Gasteiger partial charge in [0.1, 0.15) is 5.75 Å². The summed E-state index contributed by atoms with van der Waals surface area (Å²) in [7, 11) is 0. The summed E-state index contributed by atoms with van der Waals surface area (Å²) in [4.78, 5) is 12.5. The van der Waals surface area contributed by atoms with Crippen molar-refractivity contribution in [1.29, 1.82) is 0 Å². The molecule has 1 atom stereocenters. The fraction of sp³-hybridized carbons (Fsp3) is 0.316. The SMILES string of the molecule is CC[C@@H](Oc1cc(C)ccc1C)C(=O)Nc1ccc(Br)c(C)c1. The molecule has 0 spiro atoms. The fourth-order valence-corrected chi connectivity index (χ4v) is 2.50. The zero-order valence-electron chi connectivity index (χ0n) is 13.9. The molecule has 0 bridgehead atoms. The number of halogens is 1. The highest BCUT2D eigenvalue weighted by Gasteiger charge is 2.19. The van der Waals surface area contributed by atoms with Crippen LogP contribution in [0.3, 0.4) is 0 Å². The van der Waals surface area contributed by atoms with Gasteiger partial charge in [-0.25, -0.2) is 0 Å². The lowest BCUT2D eigenvalue weighted by Crippen LogP contribution is -2.32. The van der Waals surface area contributed by atoms with Crippen molar-refractivity contribution in [2.45, 2.75) is 40.2 Å². The monoisotopic (exact) mass is 375 g/mol. The summed E-state index contributed by atoms with van der Waals surface area (Å²) in [6.07, 6.45) is 0.0915. The molecular weight excluding hydrogens is 354 g/mol. The van der Waals surface area contributed by atoms with E-state index in [1.807, 2.05) is 64.1 Å². The third kappa shape index (κ3) is 4.58. The molecule has 122 valence electrons. The number of hydrogen-bond acceptors (Lipinski definition) is 2. The quantitative estimate of drug-likeness (QED) is 0.782. The number of amides is 1. The number of carbonyl (C=O) groups excluding carboxylic acids is 1. The Bertz CT molecular complexity index is 713. The van der Waals surface area contributed by atoms with Crippen LogP contribution in [0, 0.1) is 20.8 Å². The Morgan fingerprint density at radius 1 is 1.13 bits per heavy atom. The van der Waals surface area contributed by atoms with Gasteiger partial charge < -0.3 is 10.1 Å². The van der Waals surface area contributed by atoms with Crippen molar-refractivity contribution < 1.29 is 9.53 Å². The van der Waals surface area contributed by atoms with E-state index in [2.05, 4.69) is 21.2 Å². The van der Waals surface area contributed by atoms with E-state index >= 15 is 0 Å². The van der Waals surface area contributed by atoms with Crippen molar-refractivity contribution in [3.63, 3.8) is 0 Å². The van der Waals surface area contributed by atoms with Crippen LogP contribution in [0.25, 0.3) is 0 Å². The second-order valence-electron chi connectivity index (χ2n) is 5.74. The lowest BCUT2D eigenvalue weighted by molar-refractivity contribution is -0.122. The number of benzene rings is 2. The van der Waals surface area contributed by atoms with Crippen LogP contribution < -0.4 is 10.1 Å². The standard InChI is InChI=1S/C19H22BrNO2/c1-5-17(23-18-10-12(2)6-7-13(18)3)19(22)21-15-8-9-16(20)14(4)11-15/h6-11,17H,5H2,1-4H3,(H,21,22)/t17-/m1/s1. The van der Waals surface area contributed by atoms with Gasteiger partial charge in [-0.1, -0.05) is 35.0 Å². The van der Waals surface area contributed by atoms with Crippen molar-refractivity contribution in [3.05, 3.63) is 57.6 Å². The van der Waals surface area contributed by atoms with Crippen LogP contribution in [0.15, 0.2) is 40.9 Å². The largest absolute Gasteiger partial charge is 0.480 e. The van der Waals surface area contributed by atoms with Gasteiger partial charge in [0, 0.05) is 10.2 Å². The molecule has 2 aromatic rings. The highest BCUT2D eigenvalue weighted by molar-refractivity contribution is 9.10. The zero-order chi connectivity index (χ0) is 17.0. The summed E-state index contributed by atoms with van der Waals surface area (Å²) < 4.78 is 6.96. The summed E-state index contributed by atoms with van der Waals surface area (Å²) in [6, 6.07) is 11.7. The highest BCUT2D eigenvalue weighted by Crippen LogP contribution is 2.23. The maximum Gasteiger partial charge on any atom is 0.265 e. The second kappa shape index (κ2) is 7.64. The van der Waals surface area contributed by atoms with E-state index in [1.54, 1.807) is 0 Å². The molecule has 4 heteroatoms. The van der Waals surface area contributed by atoms with Gasteiger partial charge in [0.15, 0.2) is 6.10 Å². The third-order valence-corrected chi connectivity index (χ3v) is 4.59. The topological polar surface area (TPSA) is 38.3 Å². The lowest BCUT2D eigenvalue weighted by atomic mass is 10.1. The number of ether oxygens (including phenoxy) is 1. The first kappa shape index (κ1) is 17.5. The summed E-state index contributed by atoms with van der Waals surface area (Å²) in [6.45, 7) is 7.93. The summed E-state index contributed by atoms with van der Waals surface area (Å²) in [5, 5.41) is 2.93. The van der Waals surface area contributed by atoms with E-state index in [0.717, 1.165) is 32.6 Å². The maximum atomic E-state index is 12.5. The Balaban J connectivity index is 2.11. The number of aryl methyl sites for hydroxylation is 3. The van der Waals surface area contributed by atoms with Crippen LogP contribution in [-0.2, 0) is 4.79 Å². The molecule has 3 nitrogen and oxygen atoms in total. The van der Waals surface area contributed by atoms with Crippen molar-refractivity contribution in [3.8, 4) is 5.75 Å². The molecular formula is C19H22BrNO2. The van der Waals surface area contributed by atoms with Gasteiger partial charge >= 0.3 is 0 Å². The van der Waals surface area contributed by atoms with Crippen molar-refractivity contribution in [2.24, 2.45) is 0 Å². The summed E-state index contributed by atoms with van der Waals surface area (Å²) >= 11 is 3.46. The second-order valence-corrected chi connectivity index (χ2v) is 6.59. The minimum absolute atomic E-state index is 0.130. The predicted octanol–water partition coefficient (Wildman–Crippen LogP) is 5.17. The number of hydrogen-bond donors (Lipinski definition) is 1. The minimum atomic E-state index is -0.514. The normalized spacial score (nSPS) is 11.9. The van der Waals surface area contributed by atoms with Crippen LogP contribution in [0.4, 0.5) is 5.69 Å². The molecule has 2 rings (SSSR count). The van der Waals surface area contributed by atoms with Crippen molar-refractivity contribution >= 4 is 27.5 Å². The van der Waals surface area contributed by atoms with E-state index in [9.17, 15) is 4.79 Å². The lowest BCUT2D eigenvalue weighted by Gasteiger charge is -2.19. The van der Waals surface area contributed by atoms with Crippen LogP contribution >= 0.6 is 15.9 Å². The van der Waals surface area contributed by atoms with E-state index < -0.39 is 6.10 Å². The van der Waals surface area contributed by atoms with E-state index in [-0.39, 0.29) is 5.91 Å². The van der Waals surface area contributed by atoms with Crippen LogP contribution in [0.1, 0.15) is 30.0 Å². The van der Waals surface area contributed by atoms with Crippen LogP contribution in [-0.4, -0.2) is 12.0 Å². The molecule has 0 aliphatic rings. The molecule has 0 saturated heterocycles. The number of carbonyl (C=O) groups is 1. The third-order valence-electron chi connectivity index (χ3n) is 3.70. The van der Waals surface area contributed by atoms with Gasteiger partial charge in [-0.2, -0.15) is 0 Å². The number of anilines is 1. The van der Waals surface area contributed by atoms with Gasteiger partial charge in [0.25, 0.3) is 5.91 Å². The fourth-order valence-electron chi connectivity index (χ4n) is 2.25. The predicted molar refractivity (Wildman–Crippen MR) is 98.1 cm³/mol. The number of nitrogens with one attached hydrogen (secondary N) is 1. The maximum absolute atomic E-state index is 12.5. The molecule has 0 saturated carbocycles. The molecule has 0 radical (unpaired) electrons. The van der Waals surface area contributed by atoms with Gasteiger partial charge in [0.05, 0.1) is 0 Å². The van der Waals surface area contributed by atoms with E-state index in [4.69, 9.17) is 4.74 Å². The molecule has 0 heterocycles. The Morgan fingerprint density at radius 3 is 2.52 bits per heavy atom. The van der Waals surface area contributed by atoms with E-state index in [0.29, 0.717) is 6.42 Å². The Hall–Kier alpha value is -1.81. The van der Waals surface area contributed by atoms with Crippen LogP contribution in [0.2, 0.25) is 0 Å². The van der Waals surface area contributed by atoms with Gasteiger partial charge in [-0.3, -0.25) is 4.79 Å². The molecule has 0 aromatic heterocycles. The summed E-state index contributed by atoms with van der Waals surface area (Å²) in [5.41, 5.74) is 4.00.